The molecule has 3 rings (SSSR count). The summed E-state index contributed by atoms with van der Waals surface area (Å²) in [7, 11) is 2.13. The van der Waals surface area contributed by atoms with Gasteiger partial charge < -0.3 is 0 Å². The van der Waals surface area contributed by atoms with Gasteiger partial charge in [-0.3, -0.25) is 0 Å². The Bertz CT molecular complexity index is 641. The van der Waals surface area contributed by atoms with E-state index in [2.05, 4.69) is 62.4 Å². The lowest BCUT2D eigenvalue weighted by Gasteiger charge is -2.02. The van der Waals surface area contributed by atoms with Crippen LogP contribution in [0.4, 0.5) is 0 Å². The van der Waals surface area contributed by atoms with Gasteiger partial charge in [-0.1, -0.05) is 47.9 Å². The van der Waals surface area contributed by atoms with Gasteiger partial charge in [-0.2, -0.15) is 0 Å². The first kappa shape index (κ1) is 8.54. The van der Waals surface area contributed by atoms with Crippen LogP contribution in [0.3, 0.4) is 0 Å². The van der Waals surface area contributed by atoms with E-state index in [0.29, 0.717) is 0 Å². The molecule has 0 aromatic heterocycles. The standard InChI is InChI=1S/C14H11B/c15-14-6-5-12-7-10-3-1-2-4-11(10)8-13(12)9-14/h1-9H,15H2. The van der Waals surface area contributed by atoms with Gasteiger partial charge >= 0.3 is 0 Å². The highest BCUT2D eigenvalue weighted by Crippen LogP contribution is 2.21. The van der Waals surface area contributed by atoms with E-state index < -0.39 is 0 Å². The Morgan fingerprint density at radius 2 is 1.20 bits per heavy atom. The van der Waals surface area contributed by atoms with Crippen LogP contribution in [0.5, 0.6) is 0 Å². The molecule has 0 unspecified atom stereocenters. The Morgan fingerprint density at radius 3 is 1.93 bits per heavy atom. The van der Waals surface area contributed by atoms with E-state index in [1.165, 1.54) is 27.0 Å². The molecule has 0 fully saturated rings. The number of fused-ring (bicyclic) bond motifs is 2. The maximum atomic E-state index is 2.26. The molecule has 0 saturated carbocycles. The lowest BCUT2D eigenvalue weighted by Crippen LogP contribution is -1.99. The highest BCUT2D eigenvalue weighted by Gasteiger charge is 1.97. The van der Waals surface area contributed by atoms with Gasteiger partial charge in [0.1, 0.15) is 7.85 Å². The van der Waals surface area contributed by atoms with E-state index >= 15 is 0 Å². The number of hydrogen-bond donors (Lipinski definition) is 0. The maximum absolute atomic E-state index is 2.26. The lowest BCUT2D eigenvalue weighted by molar-refractivity contribution is 1.79. The van der Waals surface area contributed by atoms with Crippen LogP contribution in [0.2, 0.25) is 0 Å². The summed E-state index contributed by atoms with van der Waals surface area (Å²) in [5.74, 6) is 0. The van der Waals surface area contributed by atoms with Gasteiger partial charge in [-0.05, 0) is 33.7 Å². The largest absolute Gasteiger partial charge is 0.139 e. The van der Waals surface area contributed by atoms with E-state index in [4.69, 9.17) is 0 Å². The summed E-state index contributed by atoms with van der Waals surface area (Å²) in [6.07, 6.45) is 0. The lowest BCUT2D eigenvalue weighted by atomic mass is 9.92. The minimum atomic E-state index is 1.31. The molecule has 0 aliphatic rings. The molecule has 0 atom stereocenters. The fraction of sp³-hybridized carbons (Fsp3) is 0. The van der Waals surface area contributed by atoms with Crippen molar-refractivity contribution in [2.45, 2.75) is 0 Å². The molecule has 0 saturated heterocycles. The molecule has 70 valence electrons. The van der Waals surface area contributed by atoms with Gasteiger partial charge in [0.15, 0.2) is 0 Å². The quantitative estimate of drug-likeness (QED) is 0.376. The summed E-state index contributed by atoms with van der Waals surface area (Å²) in [4.78, 5) is 0. The average Bonchev–Trinajstić information content (AvgIpc) is 2.26. The van der Waals surface area contributed by atoms with Crippen molar-refractivity contribution in [2.75, 3.05) is 0 Å². The first-order valence-corrected chi connectivity index (χ1v) is 5.22. The Kier molecular flexibility index (Phi) is 1.78. The molecule has 0 bridgehead atoms. The van der Waals surface area contributed by atoms with Crippen molar-refractivity contribution in [3.8, 4) is 0 Å². The van der Waals surface area contributed by atoms with E-state index in [9.17, 15) is 0 Å². The second kappa shape index (κ2) is 3.13. The van der Waals surface area contributed by atoms with Crippen molar-refractivity contribution in [3.05, 3.63) is 54.6 Å². The van der Waals surface area contributed by atoms with Gasteiger partial charge in [-0.15, -0.1) is 0 Å². The molecule has 0 spiro atoms. The van der Waals surface area contributed by atoms with Crippen molar-refractivity contribution in [1.82, 2.24) is 0 Å². The minimum Gasteiger partial charge on any atom is -0.0883 e. The van der Waals surface area contributed by atoms with Crippen molar-refractivity contribution in [1.29, 1.82) is 0 Å². The predicted octanol–water partition coefficient (Wildman–Crippen LogP) is 2.25. The van der Waals surface area contributed by atoms with E-state index in [1.54, 1.807) is 0 Å². The second-order valence-corrected chi connectivity index (χ2v) is 4.05. The third-order valence-corrected chi connectivity index (χ3v) is 2.86. The third-order valence-electron chi connectivity index (χ3n) is 2.86. The van der Waals surface area contributed by atoms with Crippen LogP contribution in [0.15, 0.2) is 54.6 Å². The molecule has 3 aromatic rings. The van der Waals surface area contributed by atoms with Crippen LogP contribution in [0, 0.1) is 0 Å². The molecule has 0 nitrogen and oxygen atoms in total. The second-order valence-electron chi connectivity index (χ2n) is 4.05. The zero-order valence-corrected chi connectivity index (χ0v) is 8.70. The molecular formula is C14H11B. The first-order chi connectivity index (χ1) is 7.33. The van der Waals surface area contributed by atoms with Gasteiger partial charge in [0.2, 0.25) is 0 Å². The summed E-state index contributed by atoms with van der Waals surface area (Å²) in [6, 6.07) is 19.6. The first-order valence-electron chi connectivity index (χ1n) is 5.22. The Morgan fingerprint density at radius 1 is 0.600 bits per heavy atom. The van der Waals surface area contributed by atoms with Gasteiger partial charge in [0, 0.05) is 0 Å². The number of rotatable bonds is 0. The molecule has 0 aliphatic heterocycles. The zero-order valence-electron chi connectivity index (χ0n) is 8.70. The Balaban J connectivity index is 2.47. The van der Waals surface area contributed by atoms with Crippen LogP contribution in [-0.4, -0.2) is 7.85 Å². The monoisotopic (exact) mass is 190 g/mol. The van der Waals surface area contributed by atoms with Crippen LogP contribution in [0.25, 0.3) is 21.5 Å². The van der Waals surface area contributed by atoms with Crippen molar-refractivity contribution >= 4 is 34.9 Å². The molecule has 3 aromatic carbocycles. The highest BCUT2D eigenvalue weighted by molar-refractivity contribution is 6.33. The predicted molar refractivity (Wildman–Crippen MR) is 69.6 cm³/mol. The van der Waals surface area contributed by atoms with Crippen LogP contribution >= 0.6 is 0 Å². The van der Waals surface area contributed by atoms with Crippen LogP contribution < -0.4 is 5.46 Å². The minimum absolute atomic E-state index is 1.31. The summed E-state index contributed by atoms with van der Waals surface area (Å²) in [5, 5.41) is 5.28. The molecule has 0 heterocycles. The summed E-state index contributed by atoms with van der Waals surface area (Å²) in [5.41, 5.74) is 1.32. The van der Waals surface area contributed by atoms with E-state index in [0.717, 1.165) is 0 Å². The fourth-order valence-corrected chi connectivity index (χ4v) is 2.06. The molecule has 15 heavy (non-hydrogen) atoms. The zero-order chi connectivity index (χ0) is 10.3. The normalized spacial score (nSPS) is 10.9. The fourth-order valence-electron chi connectivity index (χ4n) is 2.06. The van der Waals surface area contributed by atoms with Crippen molar-refractivity contribution < 1.29 is 0 Å². The van der Waals surface area contributed by atoms with E-state index in [-0.39, 0.29) is 0 Å². The Labute approximate surface area is 89.9 Å². The topological polar surface area (TPSA) is 0 Å². The maximum Gasteiger partial charge on any atom is 0.139 e. The summed E-state index contributed by atoms with van der Waals surface area (Å²) in [6.45, 7) is 0. The Hall–Kier alpha value is -1.76. The van der Waals surface area contributed by atoms with Gasteiger partial charge in [0.05, 0.1) is 0 Å². The van der Waals surface area contributed by atoms with Gasteiger partial charge in [0.25, 0.3) is 0 Å². The van der Waals surface area contributed by atoms with Crippen molar-refractivity contribution in [2.24, 2.45) is 0 Å². The highest BCUT2D eigenvalue weighted by atomic mass is 14.0. The van der Waals surface area contributed by atoms with Crippen molar-refractivity contribution in [3.63, 3.8) is 0 Å². The third kappa shape index (κ3) is 1.40. The molecule has 0 amide bonds. The number of hydrogen-bond acceptors (Lipinski definition) is 0. The number of benzene rings is 3. The van der Waals surface area contributed by atoms with Crippen LogP contribution in [-0.2, 0) is 0 Å². The summed E-state index contributed by atoms with van der Waals surface area (Å²) < 4.78 is 0. The van der Waals surface area contributed by atoms with Gasteiger partial charge in [-0.25, -0.2) is 0 Å². The molecule has 0 radical (unpaired) electrons. The van der Waals surface area contributed by atoms with E-state index in [1.807, 2.05) is 0 Å². The molecule has 0 N–H and O–H groups in total. The van der Waals surface area contributed by atoms with Crippen LogP contribution in [0.1, 0.15) is 0 Å². The smallest absolute Gasteiger partial charge is 0.0883 e. The average molecular weight is 190 g/mol. The summed E-state index contributed by atoms with van der Waals surface area (Å²) >= 11 is 0. The molecular weight excluding hydrogens is 179 g/mol. The molecule has 1 heteroatoms. The SMILES string of the molecule is Bc1ccc2cc3ccccc3cc2c1. The molecule has 0 aliphatic carbocycles.